The summed E-state index contributed by atoms with van der Waals surface area (Å²) in [6, 6.07) is 1.10. The summed E-state index contributed by atoms with van der Waals surface area (Å²) in [6.07, 6.45) is -0.0565. The number of hydrogen-bond donors (Lipinski definition) is 3. The molecule has 1 heterocycles. The van der Waals surface area contributed by atoms with Gasteiger partial charge in [-0.15, -0.1) is 0 Å². The number of aromatic hydroxyl groups is 2. The molecule has 0 aromatic heterocycles. The van der Waals surface area contributed by atoms with Crippen molar-refractivity contribution in [2.75, 3.05) is 13.7 Å². The first kappa shape index (κ1) is 14.8. The van der Waals surface area contributed by atoms with Crippen LogP contribution in [0.25, 0.3) is 0 Å². The van der Waals surface area contributed by atoms with Crippen LogP contribution in [0.2, 0.25) is 0 Å². The molecule has 3 N–H and O–H groups in total. The van der Waals surface area contributed by atoms with E-state index in [1.165, 1.54) is 14.0 Å². The summed E-state index contributed by atoms with van der Waals surface area (Å²) in [5, 5.41) is 30.2. The van der Waals surface area contributed by atoms with Crippen LogP contribution in [0.5, 0.6) is 17.2 Å². The first-order chi connectivity index (χ1) is 10.3. The molecule has 1 aliphatic carbocycles. The number of fused-ring (bicyclic) bond motifs is 2. The molecule has 0 unspecified atom stereocenters. The zero-order chi connectivity index (χ0) is 16.2. The third-order valence-electron chi connectivity index (χ3n) is 4.29. The van der Waals surface area contributed by atoms with Gasteiger partial charge in [-0.25, -0.2) is 0 Å². The summed E-state index contributed by atoms with van der Waals surface area (Å²) in [7, 11) is 1.28. The highest BCUT2D eigenvalue weighted by Crippen LogP contribution is 2.47. The van der Waals surface area contributed by atoms with Gasteiger partial charge in [-0.05, 0) is 6.92 Å². The Hall–Kier alpha value is -2.12. The molecule has 2 aliphatic rings. The van der Waals surface area contributed by atoms with Crippen molar-refractivity contribution in [2.24, 2.45) is 11.8 Å². The van der Waals surface area contributed by atoms with Crippen LogP contribution >= 0.6 is 0 Å². The maximum Gasteiger partial charge on any atom is 0.173 e. The Kier molecular flexibility index (Phi) is 3.15. The lowest BCUT2D eigenvalue weighted by Crippen LogP contribution is -2.49. The van der Waals surface area contributed by atoms with Crippen molar-refractivity contribution < 1.29 is 34.4 Å². The van der Waals surface area contributed by atoms with Gasteiger partial charge < -0.3 is 24.8 Å². The first-order valence-electron chi connectivity index (χ1n) is 6.84. The third-order valence-corrected chi connectivity index (χ3v) is 4.29. The summed E-state index contributed by atoms with van der Waals surface area (Å²) in [6.45, 7) is 1.30. The van der Waals surface area contributed by atoms with Crippen molar-refractivity contribution in [1.29, 1.82) is 0 Å². The molecular formula is C15H16O7. The van der Waals surface area contributed by atoms with Gasteiger partial charge in [-0.2, -0.15) is 0 Å². The number of rotatable bonds is 1. The fourth-order valence-electron chi connectivity index (χ4n) is 3.18. The number of phenols is 2. The Morgan fingerprint density at radius 2 is 1.86 bits per heavy atom. The second-order valence-corrected chi connectivity index (χ2v) is 5.83. The number of carbonyl (C=O) groups excluding carboxylic acids is 2. The molecule has 0 saturated carbocycles. The van der Waals surface area contributed by atoms with E-state index in [1.54, 1.807) is 0 Å². The van der Waals surface area contributed by atoms with Crippen molar-refractivity contribution in [3.8, 4) is 17.2 Å². The average molecular weight is 308 g/mol. The standard InChI is InChI=1S/C15H16O7/c1-15(20)4-6-7(5-22-15)13(18)10-8(16)3-9(21-2)14(19)11(10)12(6)17/h3,6-7,16,19-20H,4-5H2,1-2H3/t6-,7+,15+/m1/s1. The first-order valence-corrected chi connectivity index (χ1v) is 6.84. The number of hydrogen-bond acceptors (Lipinski definition) is 7. The van der Waals surface area contributed by atoms with Crippen molar-refractivity contribution in [3.05, 3.63) is 17.2 Å². The van der Waals surface area contributed by atoms with Crippen LogP contribution in [-0.4, -0.2) is 46.4 Å². The van der Waals surface area contributed by atoms with Gasteiger partial charge >= 0.3 is 0 Å². The zero-order valence-corrected chi connectivity index (χ0v) is 12.1. The Balaban J connectivity index is 2.19. The predicted octanol–water partition coefficient (Wildman–Crippen LogP) is 0.847. The lowest BCUT2D eigenvalue weighted by molar-refractivity contribution is -0.227. The molecule has 0 spiro atoms. The maximum absolute atomic E-state index is 12.7. The molecule has 0 amide bonds. The Labute approximate surface area is 126 Å². The Morgan fingerprint density at radius 1 is 1.23 bits per heavy atom. The maximum atomic E-state index is 12.7. The van der Waals surface area contributed by atoms with E-state index in [-0.39, 0.29) is 29.9 Å². The fourth-order valence-corrected chi connectivity index (χ4v) is 3.18. The SMILES string of the molecule is COc1cc(O)c2c(c1O)C(=O)[C@@H]1C[C@@](C)(O)OC[C@@H]1C2=O. The topological polar surface area (TPSA) is 113 Å². The normalized spacial score (nSPS) is 30.7. The number of ketones is 2. The summed E-state index contributed by atoms with van der Waals surface area (Å²) in [5.74, 6) is -5.06. The van der Waals surface area contributed by atoms with Gasteiger partial charge in [0.2, 0.25) is 0 Å². The minimum atomic E-state index is -1.51. The van der Waals surface area contributed by atoms with Crippen LogP contribution in [0.3, 0.4) is 0 Å². The van der Waals surface area contributed by atoms with Crippen molar-refractivity contribution >= 4 is 11.6 Å². The third kappa shape index (κ3) is 1.97. The van der Waals surface area contributed by atoms with Gasteiger partial charge in [0, 0.05) is 18.4 Å². The summed E-state index contributed by atoms with van der Waals surface area (Å²) < 4.78 is 10.1. The van der Waals surface area contributed by atoms with Crippen LogP contribution in [0.4, 0.5) is 0 Å². The van der Waals surface area contributed by atoms with E-state index in [1.807, 2.05) is 0 Å². The van der Waals surface area contributed by atoms with Gasteiger partial charge in [-0.1, -0.05) is 0 Å². The van der Waals surface area contributed by atoms with E-state index in [2.05, 4.69) is 0 Å². The van der Waals surface area contributed by atoms with Crippen LogP contribution in [0, 0.1) is 11.8 Å². The molecule has 1 saturated heterocycles. The molecule has 1 aromatic carbocycles. The minimum absolute atomic E-state index is 0.0565. The Morgan fingerprint density at radius 3 is 2.50 bits per heavy atom. The van der Waals surface area contributed by atoms with Crippen LogP contribution in [0.1, 0.15) is 34.1 Å². The average Bonchev–Trinajstić information content (AvgIpc) is 2.45. The van der Waals surface area contributed by atoms with E-state index in [0.717, 1.165) is 6.07 Å². The molecule has 3 atom stereocenters. The monoisotopic (exact) mass is 308 g/mol. The molecule has 3 rings (SSSR count). The van der Waals surface area contributed by atoms with Crippen LogP contribution in [0.15, 0.2) is 6.07 Å². The highest BCUT2D eigenvalue weighted by molar-refractivity contribution is 6.19. The quantitative estimate of drug-likeness (QED) is 0.659. The molecular weight excluding hydrogens is 292 g/mol. The van der Waals surface area contributed by atoms with Gasteiger partial charge in [0.05, 0.1) is 30.8 Å². The summed E-state index contributed by atoms with van der Waals surface area (Å²) in [5.41, 5.74) is -0.463. The molecule has 1 aromatic rings. The summed E-state index contributed by atoms with van der Waals surface area (Å²) >= 11 is 0. The number of methoxy groups -OCH3 is 1. The number of carbonyl (C=O) groups is 2. The van der Waals surface area contributed by atoms with Crippen molar-refractivity contribution in [2.45, 2.75) is 19.1 Å². The van der Waals surface area contributed by atoms with Crippen molar-refractivity contribution in [1.82, 2.24) is 0 Å². The van der Waals surface area contributed by atoms with E-state index in [0.29, 0.717) is 0 Å². The highest BCUT2D eigenvalue weighted by Gasteiger charge is 2.50. The number of phenolic OH excluding ortho intramolecular Hbond substituents is 2. The summed E-state index contributed by atoms with van der Waals surface area (Å²) in [4.78, 5) is 25.2. The number of aliphatic hydroxyl groups is 1. The van der Waals surface area contributed by atoms with Gasteiger partial charge in [0.1, 0.15) is 5.75 Å². The smallest absolute Gasteiger partial charge is 0.173 e. The molecule has 22 heavy (non-hydrogen) atoms. The zero-order valence-electron chi connectivity index (χ0n) is 12.1. The fraction of sp³-hybridized carbons (Fsp3) is 0.467. The lowest BCUT2D eigenvalue weighted by Gasteiger charge is -2.40. The molecule has 0 radical (unpaired) electrons. The molecule has 1 aliphatic heterocycles. The van der Waals surface area contributed by atoms with E-state index < -0.39 is 40.7 Å². The Bertz CT molecular complexity index is 677. The number of ether oxygens (including phenoxy) is 2. The number of Topliss-reactive ketones (excluding diaryl/α,β-unsaturated/α-hetero) is 2. The molecule has 1 fully saturated rings. The van der Waals surface area contributed by atoms with E-state index in [4.69, 9.17) is 9.47 Å². The van der Waals surface area contributed by atoms with Gasteiger partial charge in [-0.3, -0.25) is 9.59 Å². The molecule has 118 valence electrons. The molecule has 7 nitrogen and oxygen atoms in total. The van der Waals surface area contributed by atoms with Crippen LogP contribution < -0.4 is 4.74 Å². The van der Waals surface area contributed by atoms with Gasteiger partial charge in [0.15, 0.2) is 28.9 Å². The molecule has 0 bridgehead atoms. The van der Waals surface area contributed by atoms with Crippen molar-refractivity contribution in [3.63, 3.8) is 0 Å². The second kappa shape index (κ2) is 4.69. The van der Waals surface area contributed by atoms with Gasteiger partial charge in [0.25, 0.3) is 0 Å². The lowest BCUT2D eigenvalue weighted by atomic mass is 9.70. The number of benzene rings is 1. The minimum Gasteiger partial charge on any atom is -0.507 e. The van der Waals surface area contributed by atoms with Crippen LogP contribution in [-0.2, 0) is 4.74 Å². The van der Waals surface area contributed by atoms with E-state index in [9.17, 15) is 24.9 Å². The van der Waals surface area contributed by atoms with E-state index >= 15 is 0 Å². The largest absolute Gasteiger partial charge is 0.507 e. The second-order valence-electron chi connectivity index (χ2n) is 5.83. The highest BCUT2D eigenvalue weighted by atomic mass is 16.6. The predicted molar refractivity (Wildman–Crippen MR) is 73.2 cm³/mol. The molecule has 7 heteroatoms.